The maximum atomic E-state index is 12.4. The van der Waals surface area contributed by atoms with Gasteiger partial charge in [0.1, 0.15) is 6.04 Å². The zero-order valence-electron chi connectivity index (χ0n) is 17.7. The minimum absolute atomic E-state index is 0.643. The lowest BCUT2D eigenvalue weighted by atomic mass is 10.0. The van der Waals surface area contributed by atoms with E-state index in [0.717, 1.165) is 44.7 Å². The zero-order chi connectivity index (χ0) is 21.5. The topological polar surface area (TPSA) is 85.3 Å². The molecule has 0 amide bonds. The molecular weight excluding hydrogens is 390 g/mol. The third kappa shape index (κ3) is 3.41. The number of aromatic amines is 1. The van der Waals surface area contributed by atoms with Crippen molar-refractivity contribution in [1.29, 1.82) is 0 Å². The summed E-state index contributed by atoms with van der Waals surface area (Å²) in [6, 6.07) is 15.1. The molecule has 3 heterocycles. The minimum atomic E-state index is -0.817. The number of fused-ring (bicyclic) bond motifs is 2. The van der Waals surface area contributed by atoms with Gasteiger partial charge in [0.25, 0.3) is 0 Å². The Labute approximate surface area is 180 Å². The molecule has 0 radical (unpaired) electrons. The average Bonchev–Trinajstić information content (AvgIpc) is 3.09. The molecule has 0 spiro atoms. The first-order valence-corrected chi connectivity index (χ1v) is 10.6. The van der Waals surface area contributed by atoms with E-state index in [2.05, 4.69) is 14.8 Å². The number of aliphatic carboxylic acids is 1. The van der Waals surface area contributed by atoms with Crippen LogP contribution >= 0.6 is 0 Å². The van der Waals surface area contributed by atoms with E-state index >= 15 is 0 Å². The monoisotopic (exact) mass is 415 g/mol. The van der Waals surface area contributed by atoms with Gasteiger partial charge in [-0.1, -0.05) is 30.3 Å². The van der Waals surface area contributed by atoms with Gasteiger partial charge in [-0.25, -0.2) is 9.97 Å². The molecule has 0 unspecified atom stereocenters. The second kappa shape index (κ2) is 7.67. The van der Waals surface area contributed by atoms with E-state index in [1.807, 2.05) is 62.4 Å². The summed E-state index contributed by atoms with van der Waals surface area (Å²) in [5.41, 5.74) is 5.41. The summed E-state index contributed by atoms with van der Waals surface area (Å²) in [6.07, 6.45) is 0. The van der Waals surface area contributed by atoms with Gasteiger partial charge in [0, 0.05) is 48.3 Å². The third-order valence-corrected chi connectivity index (χ3v) is 6.15. The Hall–Kier alpha value is -3.45. The van der Waals surface area contributed by atoms with Gasteiger partial charge in [-0.15, -0.1) is 0 Å². The van der Waals surface area contributed by atoms with Gasteiger partial charge < -0.3 is 15.0 Å². The number of nitrogens with zero attached hydrogens (tertiary/aromatic N) is 4. The lowest BCUT2D eigenvalue weighted by Crippen LogP contribution is -2.49. The molecule has 2 aromatic carbocycles. The summed E-state index contributed by atoms with van der Waals surface area (Å²) >= 11 is 0. The average molecular weight is 415 g/mol. The van der Waals surface area contributed by atoms with Gasteiger partial charge in [-0.2, -0.15) is 0 Å². The molecule has 31 heavy (non-hydrogen) atoms. The molecule has 1 saturated heterocycles. The van der Waals surface area contributed by atoms with E-state index in [4.69, 9.17) is 9.97 Å². The van der Waals surface area contributed by atoms with Crippen LogP contribution in [0.2, 0.25) is 0 Å². The Morgan fingerprint density at radius 3 is 2.32 bits per heavy atom. The highest BCUT2D eigenvalue weighted by Gasteiger charge is 2.34. The number of hydrogen-bond acceptors (Lipinski definition) is 5. The number of carbonyl (C=O) groups is 1. The van der Waals surface area contributed by atoms with Crippen molar-refractivity contribution in [2.45, 2.75) is 19.9 Å². The molecule has 0 saturated carbocycles. The Morgan fingerprint density at radius 2 is 1.61 bits per heavy atom. The number of aryl methyl sites for hydroxylation is 2. The van der Waals surface area contributed by atoms with E-state index in [0.29, 0.717) is 26.2 Å². The summed E-state index contributed by atoms with van der Waals surface area (Å²) in [5, 5.41) is 11.1. The molecule has 1 fully saturated rings. The predicted molar refractivity (Wildman–Crippen MR) is 121 cm³/mol. The SMILES string of the molecule is Cc1nc2ccccc2nc1N1CCN([C@H](C(=O)O)c2c(C)[nH]c3ccccc23)CC1. The largest absolute Gasteiger partial charge is 0.480 e. The van der Waals surface area contributed by atoms with E-state index in [-0.39, 0.29) is 0 Å². The number of piperazine rings is 1. The molecular formula is C24H25N5O2. The summed E-state index contributed by atoms with van der Waals surface area (Å²) < 4.78 is 0. The van der Waals surface area contributed by atoms with Crippen LogP contribution in [0.15, 0.2) is 48.5 Å². The van der Waals surface area contributed by atoms with Crippen LogP contribution in [0.4, 0.5) is 5.82 Å². The minimum Gasteiger partial charge on any atom is -0.480 e. The number of nitrogens with one attached hydrogen (secondary N) is 1. The molecule has 7 heteroatoms. The lowest BCUT2D eigenvalue weighted by Gasteiger charge is -2.38. The second-order valence-corrected chi connectivity index (χ2v) is 8.09. The number of rotatable bonds is 4. The fourth-order valence-corrected chi connectivity index (χ4v) is 4.68. The first-order valence-electron chi connectivity index (χ1n) is 10.6. The van der Waals surface area contributed by atoms with Crippen molar-refractivity contribution in [3.05, 3.63) is 65.5 Å². The first kappa shape index (κ1) is 19.5. The first-order chi connectivity index (χ1) is 15.0. The van der Waals surface area contributed by atoms with E-state index in [9.17, 15) is 9.90 Å². The molecule has 0 bridgehead atoms. The molecule has 158 valence electrons. The summed E-state index contributed by atoms with van der Waals surface area (Å²) in [5.74, 6) is 0.0662. The van der Waals surface area contributed by atoms with Crippen LogP contribution in [0.5, 0.6) is 0 Å². The van der Waals surface area contributed by atoms with E-state index in [1.165, 1.54) is 0 Å². The van der Waals surface area contributed by atoms with Crippen molar-refractivity contribution >= 4 is 33.7 Å². The van der Waals surface area contributed by atoms with Crippen LogP contribution in [-0.2, 0) is 4.79 Å². The van der Waals surface area contributed by atoms with Crippen LogP contribution in [0.3, 0.4) is 0 Å². The number of aromatic nitrogens is 3. The number of benzene rings is 2. The number of carboxylic acids is 1. The Balaban J connectivity index is 1.42. The smallest absolute Gasteiger partial charge is 0.325 e. The van der Waals surface area contributed by atoms with Crippen molar-refractivity contribution in [1.82, 2.24) is 19.9 Å². The Morgan fingerprint density at radius 1 is 0.968 bits per heavy atom. The number of H-pyrrole nitrogens is 1. The van der Waals surface area contributed by atoms with Gasteiger partial charge >= 0.3 is 5.97 Å². The van der Waals surface area contributed by atoms with Gasteiger partial charge in [0.2, 0.25) is 0 Å². The summed E-state index contributed by atoms with van der Waals surface area (Å²) in [6.45, 7) is 6.64. The maximum Gasteiger partial charge on any atom is 0.325 e. The van der Waals surface area contributed by atoms with Crippen molar-refractivity contribution in [2.24, 2.45) is 0 Å². The molecule has 0 aliphatic carbocycles. The van der Waals surface area contributed by atoms with Crippen molar-refractivity contribution < 1.29 is 9.90 Å². The van der Waals surface area contributed by atoms with Gasteiger partial charge in [0.05, 0.1) is 16.7 Å². The van der Waals surface area contributed by atoms with Gasteiger partial charge in [0.15, 0.2) is 5.82 Å². The molecule has 4 aromatic rings. The van der Waals surface area contributed by atoms with Crippen LogP contribution in [0.1, 0.15) is 23.0 Å². The van der Waals surface area contributed by atoms with Crippen LogP contribution < -0.4 is 4.90 Å². The van der Waals surface area contributed by atoms with Crippen molar-refractivity contribution in [3.8, 4) is 0 Å². The molecule has 1 atom stereocenters. The van der Waals surface area contributed by atoms with Crippen LogP contribution in [0, 0.1) is 13.8 Å². The number of anilines is 1. The number of hydrogen-bond donors (Lipinski definition) is 2. The van der Waals surface area contributed by atoms with E-state index < -0.39 is 12.0 Å². The fourth-order valence-electron chi connectivity index (χ4n) is 4.68. The summed E-state index contributed by atoms with van der Waals surface area (Å²) in [7, 11) is 0. The Kier molecular flexibility index (Phi) is 4.82. The molecule has 1 aliphatic rings. The van der Waals surface area contributed by atoms with Crippen LogP contribution in [0.25, 0.3) is 21.9 Å². The lowest BCUT2D eigenvalue weighted by molar-refractivity contribution is -0.143. The highest BCUT2D eigenvalue weighted by Crippen LogP contribution is 2.33. The molecule has 2 aromatic heterocycles. The molecule has 7 nitrogen and oxygen atoms in total. The zero-order valence-corrected chi connectivity index (χ0v) is 17.7. The molecule has 1 aliphatic heterocycles. The number of para-hydroxylation sites is 3. The Bertz CT molecular complexity index is 1270. The van der Waals surface area contributed by atoms with Gasteiger partial charge in [-0.05, 0) is 32.0 Å². The maximum absolute atomic E-state index is 12.4. The van der Waals surface area contributed by atoms with Crippen molar-refractivity contribution in [2.75, 3.05) is 31.1 Å². The normalized spacial score (nSPS) is 16.1. The fraction of sp³-hybridized carbons (Fsp3) is 0.292. The van der Waals surface area contributed by atoms with Crippen molar-refractivity contribution in [3.63, 3.8) is 0 Å². The molecule has 2 N–H and O–H groups in total. The summed E-state index contributed by atoms with van der Waals surface area (Å²) in [4.78, 5) is 29.5. The standard InChI is InChI=1S/C24H25N5O2/c1-15-21(17-7-3-4-8-18(17)25-15)22(24(30)31)28-11-13-29(14-12-28)23-16(2)26-19-9-5-6-10-20(19)27-23/h3-10,22,25H,11-14H2,1-2H3,(H,30,31)/t22-/m0/s1. The number of carboxylic acid groups (broad SMARTS) is 1. The van der Waals surface area contributed by atoms with Gasteiger partial charge in [-0.3, -0.25) is 9.69 Å². The second-order valence-electron chi connectivity index (χ2n) is 8.09. The highest BCUT2D eigenvalue weighted by molar-refractivity contribution is 5.90. The molecule has 5 rings (SSSR count). The quantitative estimate of drug-likeness (QED) is 0.529. The van der Waals surface area contributed by atoms with Crippen LogP contribution in [-0.4, -0.2) is 57.1 Å². The third-order valence-electron chi connectivity index (χ3n) is 6.15. The highest BCUT2D eigenvalue weighted by atomic mass is 16.4. The van der Waals surface area contributed by atoms with E-state index in [1.54, 1.807) is 0 Å². The predicted octanol–water partition coefficient (Wildman–Crippen LogP) is 3.68.